The van der Waals surface area contributed by atoms with E-state index in [2.05, 4.69) is 25.5 Å². The van der Waals surface area contributed by atoms with Crippen LogP contribution in [-0.2, 0) is 6.54 Å². The van der Waals surface area contributed by atoms with Crippen molar-refractivity contribution in [3.05, 3.63) is 60.8 Å². The lowest BCUT2D eigenvalue weighted by Crippen LogP contribution is -2.19. The maximum atomic E-state index is 5.69. The molecule has 2 heterocycles. The van der Waals surface area contributed by atoms with E-state index in [4.69, 9.17) is 9.15 Å². The first-order valence-corrected chi connectivity index (χ1v) is 8.42. The first-order chi connectivity index (χ1) is 12.7. The van der Waals surface area contributed by atoms with Crippen LogP contribution in [0.4, 0.5) is 17.3 Å². The summed E-state index contributed by atoms with van der Waals surface area (Å²) in [5.41, 5.74) is 0.931. The van der Waals surface area contributed by atoms with Crippen LogP contribution in [0.25, 0.3) is 0 Å². The molecule has 0 aliphatic heterocycles. The van der Waals surface area contributed by atoms with Gasteiger partial charge in [-0.05, 0) is 50.5 Å². The van der Waals surface area contributed by atoms with Crippen LogP contribution in [-0.4, -0.2) is 42.1 Å². The van der Waals surface area contributed by atoms with Crippen molar-refractivity contribution in [3.8, 4) is 5.75 Å². The number of likely N-dealkylation sites (N-methyl/N-ethyl adjacent to an activating group) is 1. The van der Waals surface area contributed by atoms with Crippen molar-refractivity contribution >= 4 is 17.3 Å². The molecule has 0 unspecified atom stereocenters. The lowest BCUT2D eigenvalue weighted by molar-refractivity contribution is 0.261. The first kappa shape index (κ1) is 17.8. The highest BCUT2D eigenvalue weighted by Crippen LogP contribution is 2.20. The Morgan fingerprint density at radius 2 is 1.88 bits per heavy atom. The van der Waals surface area contributed by atoms with Crippen LogP contribution in [0.5, 0.6) is 5.75 Å². The molecule has 0 spiro atoms. The van der Waals surface area contributed by atoms with Gasteiger partial charge in [-0.25, -0.2) is 9.97 Å². The zero-order valence-corrected chi connectivity index (χ0v) is 15.0. The summed E-state index contributed by atoms with van der Waals surface area (Å²) in [6.45, 7) is 2.12. The number of benzene rings is 1. The third-order valence-electron chi connectivity index (χ3n) is 3.62. The summed E-state index contributed by atoms with van der Waals surface area (Å²) in [5.74, 6) is 3.13. The standard InChI is InChI=1S/C19H23N5O2/c1-24(2)9-11-26-16-7-5-15(6-8-16)23-19-12-18(21-14-22-19)20-13-17-4-3-10-25-17/h3-8,10,12,14H,9,11,13H2,1-2H3,(H2,20,21,22,23). The monoisotopic (exact) mass is 353 g/mol. The Kier molecular flexibility index (Phi) is 6.05. The maximum Gasteiger partial charge on any atom is 0.135 e. The Balaban J connectivity index is 1.54. The van der Waals surface area contributed by atoms with Crippen LogP contribution in [0.15, 0.2) is 59.5 Å². The molecule has 0 atom stereocenters. The van der Waals surface area contributed by atoms with Gasteiger partial charge in [-0.1, -0.05) is 0 Å². The molecule has 26 heavy (non-hydrogen) atoms. The molecule has 0 bridgehead atoms. The molecule has 136 valence electrons. The Bertz CT molecular complexity index is 788. The molecule has 7 heteroatoms. The smallest absolute Gasteiger partial charge is 0.135 e. The zero-order chi connectivity index (χ0) is 18.2. The van der Waals surface area contributed by atoms with Crippen molar-refractivity contribution in [2.24, 2.45) is 0 Å². The number of nitrogens with zero attached hydrogens (tertiary/aromatic N) is 3. The first-order valence-electron chi connectivity index (χ1n) is 8.42. The van der Waals surface area contributed by atoms with E-state index in [9.17, 15) is 0 Å². The lowest BCUT2D eigenvalue weighted by Gasteiger charge is -2.12. The van der Waals surface area contributed by atoms with Gasteiger partial charge in [0.05, 0.1) is 12.8 Å². The number of rotatable bonds is 9. The molecular formula is C19H23N5O2. The summed E-state index contributed by atoms with van der Waals surface area (Å²) in [6, 6.07) is 13.4. The minimum atomic E-state index is 0.572. The fraction of sp³-hybridized carbons (Fsp3) is 0.263. The molecule has 0 saturated heterocycles. The zero-order valence-electron chi connectivity index (χ0n) is 15.0. The summed E-state index contributed by atoms with van der Waals surface area (Å²) in [5, 5.41) is 6.47. The quantitative estimate of drug-likeness (QED) is 0.611. The molecule has 0 radical (unpaired) electrons. The van der Waals surface area contributed by atoms with Crippen LogP contribution in [0, 0.1) is 0 Å². The number of ether oxygens (including phenoxy) is 1. The third-order valence-corrected chi connectivity index (χ3v) is 3.62. The Hall–Kier alpha value is -3.06. The van der Waals surface area contributed by atoms with Gasteiger partial charge in [0.15, 0.2) is 0 Å². The number of furan rings is 1. The molecule has 3 aromatic rings. The number of hydrogen-bond donors (Lipinski definition) is 2. The summed E-state index contributed by atoms with van der Waals surface area (Å²) in [4.78, 5) is 10.5. The van der Waals surface area contributed by atoms with Gasteiger partial charge in [-0.15, -0.1) is 0 Å². The number of anilines is 3. The average Bonchev–Trinajstić information content (AvgIpc) is 3.15. The average molecular weight is 353 g/mol. The van der Waals surface area contributed by atoms with Crippen molar-refractivity contribution in [2.75, 3.05) is 37.9 Å². The van der Waals surface area contributed by atoms with Gasteiger partial charge < -0.3 is 24.7 Å². The van der Waals surface area contributed by atoms with Crippen molar-refractivity contribution in [2.45, 2.75) is 6.54 Å². The topological polar surface area (TPSA) is 75.5 Å². The van der Waals surface area contributed by atoms with E-state index in [-0.39, 0.29) is 0 Å². The van der Waals surface area contributed by atoms with Crippen LogP contribution < -0.4 is 15.4 Å². The molecule has 0 aliphatic rings. The molecule has 0 aliphatic carbocycles. The second-order valence-corrected chi connectivity index (χ2v) is 6.02. The van der Waals surface area contributed by atoms with E-state index in [0.29, 0.717) is 19.0 Å². The minimum absolute atomic E-state index is 0.572. The normalized spacial score (nSPS) is 10.7. The van der Waals surface area contributed by atoms with E-state index < -0.39 is 0 Å². The van der Waals surface area contributed by atoms with Crippen LogP contribution in [0.1, 0.15) is 5.76 Å². The number of hydrogen-bond acceptors (Lipinski definition) is 7. The van der Waals surface area contributed by atoms with Gasteiger partial charge in [0.2, 0.25) is 0 Å². The SMILES string of the molecule is CN(C)CCOc1ccc(Nc2cc(NCc3ccco3)ncn2)cc1. The van der Waals surface area contributed by atoms with E-state index in [1.807, 2.05) is 56.6 Å². The molecule has 2 N–H and O–H groups in total. The second kappa shape index (κ2) is 8.87. The van der Waals surface area contributed by atoms with E-state index in [0.717, 1.165) is 29.6 Å². The number of aromatic nitrogens is 2. The van der Waals surface area contributed by atoms with E-state index in [1.54, 1.807) is 6.26 Å². The molecule has 7 nitrogen and oxygen atoms in total. The fourth-order valence-corrected chi connectivity index (χ4v) is 2.24. The van der Waals surface area contributed by atoms with Gasteiger partial charge in [0, 0.05) is 18.3 Å². The van der Waals surface area contributed by atoms with Gasteiger partial charge >= 0.3 is 0 Å². The molecule has 3 rings (SSSR count). The third kappa shape index (κ3) is 5.49. The van der Waals surface area contributed by atoms with Gasteiger partial charge in [0.25, 0.3) is 0 Å². The summed E-state index contributed by atoms with van der Waals surface area (Å²) < 4.78 is 11.0. The van der Waals surface area contributed by atoms with Gasteiger partial charge in [-0.2, -0.15) is 0 Å². The highest BCUT2D eigenvalue weighted by molar-refractivity contribution is 5.59. The molecule has 0 fully saturated rings. The number of nitrogens with one attached hydrogen (secondary N) is 2. The molecule has 2 aromatic heterocycles. The van der Waals surface area contributed by atoms with E-state index >= 15 is 0 Å². The van der Waals surface area contributed by atoms with E-state index in [1.165, 1.54) is 6.33 Å². The lowest BCUT2D eigenvalue weighted by atomic mass is 10.3. The highest BCUT2D eigenvalue weighted by Gasteiger charge is 2.02. The summed E-state index contributed by atoms with van der Waals surface area (Å²) >= 11 is 0. The highest BCUT2D eigenvalue weighted by atomic mass is 16.5. The molecular weight excluding hydrogens is 330 g/mol. The maximum absolute atomic E-state index is 5.69. The van der Waals surface area contributed by atoms with Crippen LogP contribution >= 0.6 is 0 Å². The Morgan fingerprint density at radius 3 is 2.62 bits per heavy atom. The predicted molar refractivity (Wildman–Crippen MR) is 102 cm³/mol. The summed E-state index contributed by atoms with van der Waals surface area (Å²) in [7, 11) is 4.05. The van der Waals surface area contributed by atoms with Crippen molar-refractivity contribution in [1.82, 2.24) is 14.9 Å². The van der Waals surface area contributed by atoms with Crippen molar-refractivity contribution in [1.29, 1.82) is 0 Å². The van der Waals surface area contributed by atoms with Gasteiger partial charge in [-0.3, -0.25) is 0 Å². The second-order valence-electron chi connectivity index (χ2n) is 6.02. The largest absolute Gasteiger partial charge is 0.492 e. The van der Waals surface area contributed by atoms with Crippen LogP contribution in [0.3, 0.4) is 0 Å². The van der Waals surface area contributed by atoms with Gasteiger partial charge in [0.1, 0.15) is 36.1 Å². The minimum Gasteiger partial charge on any atom is -0.492 e. The molecule has 1 aromatic carbocycles. The predicted octanol–water partition coefficient (Wildman–Crippen LogP) is 3.37. The Labute approximate surface area is 153 Å². The van der Waals surface area contributed by atoms with Crippen molar-refractivity contribution < 1.29 is 9.15 Å². The molecule has 0 saturated carbocycles. The molecule has 0 amide bonds. The summed E-state index contributed by atoms with van der Waals surface area (Å²) in [6.07, 6.45) is 3.17. The van der Waals surface area contributed by atoms with Crippen molar-refractivity contribution in [3.63, 3.8) is 0 Å². The fourth-order valence-electron chi connectivity index (χ4n) is 2.24. The Morgan fingerprint density at radius 1 is 1.08 bits per heavy atom. The van der Waals surface area contributed by atoms with Crippen LogP contribution in [0.2, 0.25) is 0 Å².